The van der Waals surface area contributed by atoms with Crippen molar-refractivity contribution in [3.8, 4) is 0 Å². The van der Waals surface area contributed by atoms with E-state index in [1.807, 2.05) is 17.7 Å². The monoisotopic (exact) mass is 293 g/mol. The van der Waals surface area contributed by atoms with E-state index < -0.39 is 10.0 Å². The van der Waals surface area contributed by atoms with Gasteiger partial charge in [0.05, 0.1) is 12.1 Å². The van der Waals surface area contributed by atoms with Crippen LogP contribution in [0.5, 0.6) is 0 Å². The lowest BCUT2D eigenvalue weighted by Gasteiger charge is -2.10. The van der Waals surface area contributed by atoms with Crippen molar-refractivity contribution in [2.45, 2.75) is 26.3 Å². The van der Waals surface area contributed by atoms with E-state index in [4.69, 9.17) is 11.6 Å². The average molecular weight is 294 g/mol. The molecular formula is C11H20ClN3O2S. The van der Waals surface area contributed by atoms with Gasteiger partial charge >= 0.3 is 0 Å². The molecule has 1 atom stereocenters. The minimum Gasteiger partial charge on any atom is -0.337 e. The van der Waals surface area contributed by atoms with Crippen molar-refractivity contribution >= 4 is 21.6 Å². The first-order chi connectivity index (χ1) is 8.53. The van der Waals surface area contributed by atoms with Gasteiger partial charge < -0.3 is 4.57 Å². The van der Waals surface area contributed by atoms with Crippen LogP contribution < -0.4 is 4.72 Å². The second-order valence-electron chi connectivity index (χ2n) is 4.44. The second-order valence-corrected chi connectivity index (χ2v) is 6.60. The zero-order valence-corrected chi connectivity index (χ0v) is 12.1. The molecule has 18 heavy (non-hydrogen) atoms. The van der Waals surface area contributed by atoms with Crippen molar-refractivity contribution in [2.75, 3.05) is 18.2 Å². The number of aromatic nitrogens is 2. The fourth-order valence-electron chi connectivity index (χ4n) is 1.54. The Morgan fingerprint density at radius 2 is 2.22 bits per heavy atom. The summed E-state index contributed by atoms with van der Waals surface area (Å²) in [5.41, 5.74) is 0. The van der Waals surface area contributed by atoms with E-state index in [1.54, 1.807) is 12.5 Å². The molecular weight excluding hydrogens is 274 g/mol. The Morgan fingerprint density at radius 1 is 1.44 bits per heavy atom. The molecule has 1 heterocycles. The van der Waals surface area contributed by atoms with E-state index in [0.29, 0.717) is 12.4 Å². The molecule has 1 N–H and O–H groups in total. The minimum atomic E-state index is -3.18. The topological polar surface area (TPSA) is 64.0 Å². The summed E-state index contributed by atoms with van der Waals surface area (Å²) in [5.74, 6) is 0.439. The van der Waals surface area contributed by atoms with Gasteiger partial charge in [0.25, 0.3) is 0 Å². The number of imidazole rings is 1. The molecule has 0 aromatic carbocycles. The molecule has 1 aromatic heterocycles. The van der Waals surface area contributed by atoms with E-state index in [1.165, 1.54) is 0 Å². The van der Waals surface area contributed by atoms with E-state index in [9.17, 15) is 8.42 Å². The molecule has 7 heteroatoms. The number of nitrogens with zero attached hydrogens (tertiary/aromatic N) is 2. The molecule has 1 aromatic rings. The molecule has 0 aliphatic carbocycles. The molecule has 0 saturated carbocycles. The van der Waals surface area contributed by atoms with E-state index in [0.717, 1.165) is 19.4 Å². The highest BCUT2D eigenvalue weighted by atomic mass is 35.5. The third kappa shape index (κ3) is 6.37. The van der Waals surface area contributed by atoms with Crippen LogP contribution in [0.15, 0.2) is 18.7 Å². The maximum absolute atomic E-state index is 11.6. The molecule has 0 aliphatic heterocycles. The number of alkyl halides is 1. The fourth-order valence-corrected chi connectivity index (χ4v) is 3.22. The Kier molecular flexibility index (Phi) is 6.67. The third-order valence-electron chi connectivity index (χ3n) is 2.49. The van der Waals surface area contributed by atoms with Crippen LogP contribution in [0, 0.1) is 5.92 Å². The molecule has 1 rings (SSSR count). The first-order valence-electron chi connectivity index (χ1n) is 6.02. The highest BCUT2D eigenvalue weighted by Gasteiger charge is 2.13. The summed E-state index contributed by atoms with van der Waals surface area (Å²) in [6, 6.07) is 0. The van der Waals surface area contributed by atoms with Crippen LogP contribution in [0.25, 0.3) is 0 Å². The third-order valence-corrected chi connectivity index (χ3v) is 4.67. The fraction of sp³-hybridized carbons (Fsp3) is 0.727. The molecule has 5 nitrogen and oxygen atoms in total. The lowest BCUT2D eigenvalue weighted by Crippen LogP contribution is -2.30. The first kappa shape index (κ1) is 15.5. The van der Waals surface area contributed by atoms with Gasteiger partial charge in [0, 0.05) is 31.4 Å². The Labute approximate surface area is 114 Å². The van der Waals surface area contributed by atoms with Gasteiger partial charge in [-0.3, -0.25) is 0 Å². The van der Waals surface area contributed by atoms with E-state index in [-0.39, 0.29) is 11.7 Å². The highest BCUT2D eigenvalue weighted by Crippen LogP contribution is 2.02. The van der Waals surface area contributed by atoms with E-state index >= 15 is 0 Å². The molecule has 0 fully saturated rings. The number of hydrogen-bond donors (Lipinski definition) is 1. The maximum Gasteiger partial charge on any atom is 0.211 e. The predicted molar refractivity (Wildman–Crippen MR) is 73.1 cm³/mol. The van der Waals surface area contributed by atoms with Crippen LogP contribution in [0.4, 0.5) is 0 Å². The largest absolute Gasteiger partial charge is 0.337 e. The summed E-state index contributed by atoms with van der Waals surface area (Å²) in [6.45, 7) is 3.16. The Balaban J connectivity index is 2.13. The van der Waals surface area contributed by atoms with Gasteiger partial charge in [0.1, 0.15) is 0 Å². The van der Waals surface area contributed by atoms with E-state index in [2.05, 4.69) is 9.71 Å². The summed E-state index contributed by atoms with van der Waals surface area (Å²) in [4.78, 5) is 3.94. The van der Waals surface area contributed by atoms with Gasteiger partial charge in [0.2, 0.25) is 10.0 Å². The number of aryl methyl sites for hydroxylation is 1. The van der Waals surface area contributed by atoms with Crippen LogP contribution in [-0.2, 0) is 16.6 Å². The predicted octanol–water partition coefficient (Wildman–Crippen LogP) is 1.46. The number of sulfonamides is 1. The van der Waals surface area contributed by atoms with Gasteiger partial charge in [-0.05, 0) is 18.8 Å². The lowest BCUT2D eigenvalue weighted by atomic mass is 10.3. The molecule has 104 valence electrons. The SMILES string of the molecule is CC(CCl)CS(=O)(=O)NCCCCn1ccnc1. The average Bonchev–Trinajstić information content (AvgIpc) is 2.80. The molecule has 0 bridgehead atoms. The Bertz CT molecular complexity index is 420. The van der Waals surface area contributed by atoms with Crippen molar-refractivity contribution in [1.29, 1.82) is 0 Å². The molecule has 0 amide bonds. The Morgan fingerprint density at radius 3 is 2.83 bits per heavy atom. The molecule has 0 radical (unpaired) electrons. The number of unbranched alkanes of at least 4 members (excludes halogenated alkanes) is 1. The van der Waals surface area contributed by atoms with Gasteiger partial charge in [-0.1, -0.05) is 6.92 Å². The minimum absolute atomic E-state index is 0.0184. The van der Waals surface area contributed by atoms with Crippen LogP contribution in [-0.4, -0.2) is 36.1 Å². The summed E-state index contributed by atoms with van der Waals surface area (Å²) < 4.78 is 27.8. The molecule has 0 saturated heterocycles. The normalized spacial score (nSPS) is 13.7. The van der Waals surface area contributed by atoms with Crippen LogP contribution in [0.3, 0.4) is 0 Å². The van der Waals surface area contributed by atoms with Crippen LogP contribution in [0.2, 0.25) is 0 Å². The summed E-state index contributed by atoms with van der Waals surface area (Å²) in [5, 5.41) is 0. The number of rotatable bonds is 9. The maximum atomic E-state index is 11.6. The second kappa shape index (κ2) is 7.76. The summed E-state index contributed by atoms with van der Waals surface area (Å²) >= 11 is 5.60. The first-order valence-corrected chi connectivity index (χ1v) is 8.21. The van der Waals surface area contributed by atoms with Crippen molar-refractivity contribution < 1.29 is 8.42 Å². The van der Waals surface area contributed by atoms with Crippen LogP contribution in [0.1, 0.15) is 19.8 Å². The van der Waals surface area contributed by atoms with Gasteiger partial charge in [-0.15, -0.1) is 11.6 Å². The van der Waals surface area contributed by atoms with Crippen molar-refractivity contribution in [1.82, 2.24) is 14.3 Å². The van der Waals surface area contributed by atoms with Gasteiger partial charge in [0.15, 0.2) is 0 Å². The Hall–Kier alpha value is -0.590. The molecule has 0 aliphatic rings. The number of nitrogens with one attached hydrogen (secondary N) is 1. The van der Waals surface area contributed by atoms with Crippen LogP contribution >= 0.6 is 11.6 Å². The number of hydrogen-bond acceptors (Lipinski definition) is 3. The lowest BCUT2D eigenvalue weighted by molar-refractivity contribution is 0.556. The zero-order valence-electron chi connectivity index (χ0n) is 10.5. The summed E-state index contributed by atoms with van der Waals surface area (Å²) in [6.07, 6.45) is 7.12. The number of halogens is 1. The van der Waals surface area contributed by atoms with Crippen molar-refractivity contribution in [2.24, 2.45) is 5.92 Å². The van der Waals surface area contributed by atoms with Gasteiger partial charge in [-0.2, -0.15) is 0 Å². The highest BCUT2D eigenvalue weighted by molar-refractivity contribution is 7.89. The molecule has 0 spiro atoms. The van der Waals surface area contributed by atoms with Gasteiger partial charge in [-0.25, -0.2) is 18.1 Å². The smallest absolute Gasteiger partial charge is 0.211 e. The van der Waals surface area contributed by atoms with Crippen molar-refractivity contribution in [3.63, 3.8) is 0 Å². The molecule has 1 unspecified atom stereocenters. The standard InChI is InChI=1S/C11H20ClN3O2S/c1-11(8-12)9-18(16,17)14-4-2-3-6-15-7-5-13-10-15/h5,7,10-11,14H,2-4,6,8-9H2,1H3. The zero-order chi connectivity index (χ0) is 13.4. The summed E-state index contributed by atoms with van der Waals surface area (Å²) in [7, 11) is -3.18. The van der Waals surface area contributed by atoms with Crippen molar-refractivity contribution in [3.05, 3.63) is 18.7 Å². The quantitative estimate of drug-likeness (QED) is 0.554.